The molecule has 2 aromatic rings. The Morgan fingerprint density at radius 1 is 1.24 bits per heavy atom. The predicted molar refractivity (Wildman–Crippen MR) is 69.3 cm³/mol. The second-order valence-corrected chi connectivity index (χ2v) is 4.35. The molecule has 3 nitrogen and oxygen atoms in total. The van der Waals surface area contributed by atoms with E-state index in [4.69, 9.17) is 4.42 Å². The summed E-state index contributed by atoms with van der Waals surface area (Å²) in [6, 6.07) is 10.5. The zero-order chi connectivity index (χ0) is 11.5. The fourth-order valence-electron chi connectivity index (χ4n) is 2.28. The van der Waals surface area contributed by atoms with Crippen LogP contribution in [0.5, 0.6) is 0 Å². The molecule has 0 atom stereocenters. The minimum atomic E-state index is 0.912. The maximum atomic E-state index is 5.13. The van der Waals surface area contributed by atoms with E-state index in [9.17, 15) is 0 Å². The minimum absolute atomic E-state index is 0.912. The molecule has 1 aromatic carbocycles. The van der Waals surface area contributed by atoms with Crippen LogP contribution in [0.2, 0.25) is 0 Å². The summed E-state index contributed by atoms with van der Waals surface area (Å²) in [6.45, 7) is 3.03. The van der Waals surface area contributed by atoms with E-state index in [-0.39, 0.29) is 0 Å². The molecular weight excluding hydrogens is 212 g/mol. The van der Waals surface area contributed by atoms with Crippen LogP contribution < -0.4 is 10.2 Å². The molecule has 3 rings (SSSR count). The van der Waals surface area contributed by atoms with Crippen molar-refractivity contribution in [2.24, 2.45) is 0 Å². The fourth-order valence-corrected chi connectivity index (χ4v) is 2.28. The third-order valence-corrected chi connectivity index (χ3v) is 3.12. The molecule has 0 aliphatic carbocycles. The van der Waals surface area contributed by atoms with Crippen LogP contribution in [-0.2, 0) is 6.54 Å². The van der Waals surface area contributed by atoms with E-state index in [1.165, 1.54) is 16.9 Å². The molecule has 17 heavy (non-hydrogen) atoms. The molecule has 0 fully saturated rings. The smallest absolute Gasteiger partial charge is 0.0952 e. The Balaban J connectivity index is 1.89. The van der Waals surface area contributed by atoms with Crippen molar-refractivity contribution >= 4 is 11.4 Å². The van der Waals surface area contributed by atoms with E-state index in [0.29, 0.717) is 0 Å². The largest absolute Gasteiger partial charge is 0.472 e. The van der Waals surface area contributed by atoms with Crippen molar-refractivity contribution in [3.63, 3.8) is 0 Å². The van der Waals surface area contributed by atoms with Gasteiger partial charge in [-0.15, -0.1) is 0 Å². The summed E-state index contributed by atoms with van der Waals surface area (Å²) in [7, 11) is 0. The molecule has 1 N–H and O–H groups in total. The topological polar surface area (TPSA) is 28.4 Å². The number of anilines is 2. The van der Waals surface area contributed by atoms with Gasteiger partial charge in [-0.05, 0) is 24.6 Å². The molecule has 0 saturated heterocycles. The highest BCUT2D eigenvalue weighted by atomic mass is 16.3. The molecule has 88 valence electrons. The van der Waals surface area contributed by atoms with Gasteiger partial charge in [0.2, 0.25) is 0 Å². The Hall–Kier alpha value is -1.90. The lowest BCUT2D eigenvalue weighted by atomic mass is 10.2. The maximum absolute atomic E-state index is 5.13. The van der Waals surface area contributed by atoms with Gasteiger partial charge in [0.05, 0.1) is 23.9 Å². The van der Waals surface area contributed by atoms with E-state index in [2.05, 4.69) is 34.5 Å². The molecular formula is C14H16N2O. The Bertz CT molecular complexity index is 479. The van der Waals surface area contributed by atoms with Crippen LogP contribution in [0.25, 0.3) is 0 Å². The summed E-state index contributed by atoms with van der Waals surface area (Å²) in [6.07, 6.45) is 4.71. The number of furan rings is 1. The van der Waals surface area contributed by atoms with Gasteiger partial charge in [-0.2, -0.15) is 0 Å². The van der Waals surface area contributed by atoms with Gasteiger partial charge < -0.3 is 14.6 Å². The molecule has 0 unspecified atom stereocenters. The first kappa shape index (κ1) is 10.3. The first-order chi connectivity index (χ1) is 8.43. The van der Waals surface area contributed by atoms with E-state index in [0.717, 1.165) is 26.1 Å². The van der Waals surface area contributed by atoms with Crippen molar-refractivity contribution in [3.05, 3.63) is 48.4 Å². The molecule has 0 radical (unpaired) electrons. The number of hydrogen-bond acceptors (Lipinski definition) is 3. The molecule has 1 aliphatic heterocycles. The lowest BCUT2D eigenvalue weighted by Crippen LogP contribution is -2.22. The van der Waals surface area contributed by atoms with Crippen LogP contribution in [0.4, 0.5) is 11.4 Å². The first-order valence-corrected chi connectivity index (χ1v) is 6.02. The van der Waals surface area contributed by atoms with Gasteiger partial charge in [-0.3, -0.25) is 0 Å². The summed E-state index contributed by atoms with van der Waals surface area (Å²) >= 11 is 0. The number of benzene rings is 1. The molecule has 2 heterocycles. The normalized spacial score (nSPS) is 14.9. The average Bonchev–Trinajstić information content (AvgIpc) is 2.78. The SMILES string of the molecule is c1ccc2c(c1)NCCCN2Cc1ccoc1. The van der Waals surface area contributed by atoms with Gasteiger partial charge in [-0.1, -0.05) is 12.1 Å². The molecule has 0 spiro atoms. The average molecular weight is 228 g/mol. The zero-order valence-corrected chi connectivity index (χ0v) is 9.73. The standard InChI is InChI=1S/C14H16N2O/c1-2-5-14-13(4-1)15-7-3-8-16(14)10-12-6-9-17-11-12/h1-2,4-6,9,11,15H,3,7-8,10H2. The van der Waals surface area contributed by atoms with Crippen LogP contribution in [0.3, 0.4) is 0 Å². The Labute approximate surface area is 101 Å². The van der Waals surface area contributed by atoms with Crippen LogP contribution in [0.1, 0.15) is 12.0 Å². The van der Waals surface area contributed by atoms with Crippen LogP contribution >= 0.6 is 0 Å². The highest BCUT2D eigenvalue weighted by Crippen LogP contribution is 2.29. The highest BCUT2D eigenvalue weighted by molar-refractivity contribution is 5.70. The molecule has 1 aliphatic rings. The van der Waals surface area contributed by atoms with E-state index >= 15 is 0 Å². The first-order valence-electron chi connectivity index (χ1n) is 6.02. The van der Waals surface area contributed by atoms with Crippen molar-refractivity contribution in [3.8, 4) is 0 Å². The lowest BCUT2D eigenvalue weighted by Gasteiger charge is -2.23. The number of para-hydroxylation sites is 2. The van der Waals surface area contributed by atoms with Gasteiger partial charge >= 0.3 is 0 Å². The monoisotopic (exact) mass is 228 g/mol. The summed E-state index contributed by atoms with van der Waals surface area (Å²) in [5, 5.41) is 3.47. The number of fused-ring (bicyclic) bond motifs is 1. The maximum Gasteiger partial charge on any atom is 0.0952 e. The van der Waals surface area contributed by atoms with Gasteiger partial charge in [-0.25, -0.2) is 0 Å². The second kappa shape index (κ2) is 4.53. The van der Waals surface area contributed by atoms with Crippen molar-refractivity contribution in [1.82, 2.24) is 0 Å². The molecule has 0 bridgehead atoms. The molecule has 3 heteroatoms. The Kier molecular flexibility index (Phi) is 2.74. The fraction of sp³-hybridized carbons (Fsp3) is 0.286. The lowest BCUT2D eigenvalue weighted by molar-refractivity contribution is 0.563. The number of nitrogens with one attached hydrogen (secondary N) is 1. The summed E-state index contributed by atoms with van der Waals surface area (Å²) in [4.78, 5) is 2.40. The summed E-state index contributed by atoms with van der Waals surface area (Å²) in [5.74, 6) is 0. The Morgan fingerprint density at radius 3 is 3.06 bits per heavy atom. The Morgan fingerprint density at radius 2 is 2.18 bits per heavy atom. The van der Waals surface area contributed by atoms with Crippen molar-refractivity contribution in [2.75, 3.05) is 23.3 Å². The van der Waals surface area contributed by atoms with Crippen molar-refractivity contribution in [2.45, 2.75) is 13.0 Å². The van der Waals surface area contributed by atoms with Gasteiger partial charge in [0, 0.05) is 25.2 Å². The quantitative estimate of drug-likeness (QED) is 0.856. The zero-order valence-electron chi connectivity index (χ0n) is 9.73. The second-order valence-electron chi connectivity index (χ2n) is 4.35. The predicted octanol–water partition coefficient (Wildman–Crippen LogP) is 3.10. The summed E-state index contributed by atoms with van der Waals surface area (Å²) in [5.41, 5.74) is 3.74. The molecule has 0 amide bonds. The molecule has 1 aromatic heterocycles. The third-order valence-electron chi connectivity index (χ3n) is 3.12. The van der Waals surface area contributed by atoms with Gasteiger partial charge in [0.1, 0.15) is 0 Å². The number of nitrogens with zero attached hydrogens (tertiary/aromatic N) is 1. The van der Waals surface area contributed by atoms with E-state index < -0.39 is 0 Å². The number of hydrogen-bond donors (Lipinski definition) is 1. The minimum Gasteiger partial charge on any atom is -0.472 e. The van der Waals surface area contributed by atoms with Crippen LogP contribution in [-0.4, -0.2) is 13.1 Å². The third kappa shape index (κ3) is 2.13. The van der Waals surface area contributed by atoms with Gasteiger partial charge in [0.15, 0.2) is 0 Å². The summed E-state index contributed by atoms with van der Waals surface area (Å²) < 4.78 is 5.13. The van der Waals surface area contributed by atoms with E-state index in [1.807, 2.05) is 12.3 Å². The van der Waals surface area contributed by atoms with Crippen LogP contribution in [0, 0.1) is 0 Å². The van der Waals surface area contributed by atoms with Crippen molar-refractivity contribution < 1.29 is 4.42 Å². The highest BCUT2D eigenvalue weighted by Gasteiger charge is 2.14. The van der Waals surface area contributed by atoms with Gasteiger partial charge in [0.25, 0.3) is 0 Å². The van der Waals surface area contributed by atoms with E-state index in [1.54, 1.807) is 6.26 Å². The molecule has 0 saturated carbocycles. The van der Waals surface area contributed by atoms with Crippen molar-refractivity contribution in [1.29, 1.82) is 0 Å². The number of rotatable bonds is 2. The van der Waals surface area contributed by atoms with Crippen LogP contribution in [0.15, 0.2) is 47.3 Å².